The van der Waals surface area contributed by atoms with E-state index in [-0.39, 0.29) is 6.42 Å². The van der Waals surface area contributed by atoms with Gasteiger partial charge in [-0.15, -0.1) is 0 Å². The maximum absolute atomic E-state index is 11.3. The van der Waals surface area contributed by atoms with Crippen LogP contribution in [-0.4, -0.2) is 23.1 Å². The largest absolute Gasteiger partial charge is 0.479 e. The Balaban J connectivity index is 3.64. The van der Waals surface area contributed by atoms with Gasteiger partial charge in [0.2, 0.25) is 0 Å². The molecule has 0 aromatic carbocycles. The number of carboxylic acid groups (broad SMARTS) is 1. The molecule has 0 aromatic rings. The number of hydrogen-bond donors (Lipinski definition) is 1. The van der Waals surface area contributed by atoms with Crippen molar-refractivity contribution >= 4 is 11.9 Å². The first kappa shape index (κ1) is 23.8. The first-order chi connectivity index (χ1) is 12.4. The second-order valence-electron chi connectivity index (χ2n) is 6.68. The van der Waals surface area contributed by atoms with Gasteiger partial charge in [0.05, 0.1) is 0 Å². The molecule has 1 atom stereocenters. The Morgan fingerprint density at radius 1 is 1.04 bits per heavy atom. The van der Waals surface area contributed by atoms with E-state index in [0.29, 0.717) is 12.8 Å². The highest BCUT2D eigenvalue weighted by Gasteiger charge is 2.15. The van der Waals surface area contributed by atoms with Crippen LogP contribution in [0.5, 0.6) is 0 Å². The van der Waals surface area contributed by atoms with Gasteiger partial charge in [-0.2, -0.15) is 0 Å². The second kappa shape index (κ2) is 16.3. The van der Waals surface area contributed by atoms with Crippen molar-refractivity contribution in [3.05, 3.63) is 12.2 Å². The number of unbranched alkanes of at least 4 members (excludes halogenated alkanes) is 5. The molecule has 0 saturated carbocycles. The van der Waals surface area contributed by atoms with E-state index in [1.807, 2.05) is 6.08 Å². The van der Waals surface area contributed by atoms with Gasteiger partial charge in [-0.25, -0.2) is 4.79 Å². The van der Waals surface area contributed by atoms with Gasteiger partial charge in [0.1, 0.15) is 0 Å². The molecule has 0 bridgehead atoms. The molecular weight excluding hydrogens is 328 g/mol. The average molecular weight is 360 g/mol. The van der Waals surface area contributed by atoms with Crippen molar-refractivity contribution in [1.29, 1.82) is 0 Å². The molecule has 26 heavy (non-hydrogen) atoms. The molecule has 144 valence electrons. The van der Waals surface area contributed by atoms with Gasteiger partial charge in [0, 0.05) is 12.8 Å². The van der Waals surface area contributed by atoms with E-state index >= 15 is 0 Å². The van der Waals surface area contributed by atoms with E-state index in [4.69, 9.17) is 9.84 Å². The Bertz CT molecular complexity index is 552. The van der Waals surface area contributed by atoms with Gasteiger partial charge in [-0.3, -0.25) is 4.79 Å². The maximum Gasteiger partial charge on any atom is 0.344 e. The molecule has 0 aliphatic carbocycles. The van der Waals surface area contributed by atoms with Gasteiger partial charge < -0.3 is 9.84 Å². The van der Waals surface area contributed by atoms with Crippen LogP contribution in [0.25, 0.3) is 0 Å². The highest BCUT2D eigenvalue weighted by atomic mass is 16.6. The molecule has 0 rings (SSSR count). The van der Waals surface area contributed by atoms with Crippen LogP contribution in [0.1, 0.15) is 78.6 Å². The van der Waals surface area contributed by atoms with Crippen molar-refractivity contribution in [2.75, 3.05) is 0 Å². The number of carbonyl (C=O) groups is 2. The summed E-state index contributed by atoms with van der Waals surface area (Å²) in [5.74, 6) is 10.4. The quantitative estimate of drug-likeness (QED) is 0.310. The van der Waals surface area contributed by atoms with E-state index in [2.05, 4.69) is 43.6 Å². The third-order valence-electron chi connectivity index (χ3n) is 3.67. The van der Waals surface area contributed by atoms with Crippen LogP contribution in [0.4, 0.5) is 0 Å². The molecular formula is C22H32O4. The highest BCUT2D eigenvalue weighted by Crippen LogP contribution is 2.10. The van der Waals surface area contributed by atoms with Crippen molar-refractivity contribution in [1.82, 2.24) is 0 Å². The van der Waals surface area contributed by atoms with Crippen molar-refractivity contribution in [2.24, 2.45) is 5.92 Å². The smallest absolute Gasteiger partial charge is 0.344 e. The predicted octanol–water partition coefficient (Wildman–Crippen LogP) is 4.73. The maximum atomic E-state index is 11.3. The zero-order valence-electron chi connectivity index (χ0n) is 16.3. The number of esters is 1. The minimum atomic E-state index is -1.15. The highest BCUT2D eigenvalue weighted by molar-refractivity contribution is 5.77. The zero-order chi connectivity index (χ0) is 19.6. The lowest BCUT2D eigenvalue weighted by molar-refractivity contribution is -0.162. The van der Waals surface area contributed by atoms with Crippen molar-refractivity contribution in [3.63, 3.8) is 0 Å². The lowest BCUT2D eigenvalue weighted by Gasteiger charge is -2.07. The summed E-state index contributed by atoms with van der Waals surface area (Å²) in [5, 5.41) is 8.62. The second-order valence-corrected chi connectivity index (χ2v) is 6.68. The van der Waals surface area contributed by atoms with Crippen LogP contribution in [-0.2, 0) is 14.3 Å². The fourth-order valence-corrected chi connectivity index (χ4v) is 2.12. The average Bonchev–Trinajstić information content (AvgIpc) is 2.57. The Morgan fingerprint density at radius 2 is 1.77 bits per heavy atom. The van der Waals surface area contributed by atoms with Crippen molar-refractivity contribution < 1.29 is 19.4 Å². The van der Waals surface area contributed by atoms with E-state index < -0.39 is 18.0 Å². The predicted molar refractivity (Wildman–Crippen MR) is 104 cm³/mol. The van der Waals surface area contributed by atoms with Crippen LogP contribution in [0.2, 0.25) is 0 Å². The summed E-state index contributed by atoms with van der Waals surface area (Å²) in [4.78, 5) is 21.9. The molecule has 4 nitrogen and oxygen atoms in total. The Kier molecular flexibility index (Phi) is 14.9. The van der Waals surface area contributed by atoms with Gasteiger partial charge in [-0.1, -0.05) is 57.4 Å². The normalized spacial score (nSPS) is 11.4. The van der Waals surface area contributed by atoms with E-state index in [0.717, 1.165) is 12.3 Å². The summed E-state index contributed by atoms with van der Waals surface area (Å²) in [6.45, 7) is 5.86. The van der Waals surface area contributed by atoms with Crippen LogP contribution in [0.3, 0.4) is 0 Å². The van der Waals surface area contributed by atoms with Gasteiger partial charge in [-0.05, 0) is 50.0 Å². The first-order valence-electron chi connectivity index (χ1n) is 9.49. The number of hydrogen-bond acceptors (Lipinski definition) is 3. The summed E-state index contributed by atoms with van der Waals surface area (Å²) >= 11 is 0. The number of allylic oxidation sites excluding steroid dienone is 2. The molecule has 1 N–H and O–H groups in total. The summed E-state index contributed by atoms with van der Waals surface area (Å²) in [6, 6.07) is 0. The summed E-state index contributed by atoms with van der Waals surface area (Å²) in [7, 11) is 0. The monoisotopic (exact) mass is 360 g/mol. The number of carboxylic acids is 1. The topological polar surface area (TPSA) is 63.6 Å². The lowest BCUT2D eigenvalue weighted by Crippen LogP contribution is -2.23. The van der Waals surface area contributed by atoms with Crippen molar-refractivity contribution in [2.45, 2.75) is 84.7 Å². The van der Waals surface area contributed by atoms with Crippen LogP contribution >= 0.6 is 0 Å². The van der Waals surface area contributed by atoms with Crippen LogP contribution in [0, 0.1) is 29.6 Å². The van der Waals surface area contributed by atoms with Gasteiger partial charge in [0.15, 0.2) is 6.10 Å². The Labute approximate surface area is 158 Å². The number of rotatable bonds is 12. The van der Waals surface area contributed by atoms with E-state index in [1.165, 1.54) is 39.0 Å². The minimum Gasteiger partial charge on any atom is -0.479 e. The van der Waals surface area contributed by atoms with Crippen molar-refractivity contribution in [3.8, 4) is 23.7 Å². The minimum absolute atomic E-state index is 0.163. The molecule has 0 aliphatic rings. The first-order valence-corrected chi connectivity index (χ1v) is 9.49. The number of ether oxygens (including phenoxy) is 1. The van der Waals surface area contributed by atoms with E-state index in [1.54, 1.807) is 0 Å². The Hall–Kier alpha value is -2.20. The summed E-state index contributed by atoms with van der Waals surface area (Å²) in [5.41, 5.74) is 0. The fourth-order valence-electron chi connectivity index (χ4n) is 2.12. The SMILES string of the molecule is CC(C)CCCCCCC=CC#CC#CCCCC(=O)OC(C)C(=O)O. The third-order valence-corrected chi connectivity index (χ3v) is 3.67. The molecule has 4 heteroatoms. The molecule has 0 aromatic heterocycles. The lowest BCUT2D eigenvalue weighted by atomic mass is 10.0. The van der Waals surface area contributed by atoms with Crippen LogP contribution < -0.4 is 0 Å². The molecule has 0 amide bonds. The molecule has 0 heterocycles. The molecule has 1 unspecified atom stereocenters. The standard InChI is InChI=1S/C22H32O4/c1-19(2)17-15-13-11-9-7-5-4-6-8-10-12-14-16-18-21(23)26-20(3)22(24)25/h4-5,19-20H,7,9,11,13-18H2,1-3H3,(H,24,25). The Morgan fingerprint density at radius 3 is 2.46 bits per heavy atom. The molecule has 0 saturated heterocycles. The van der Waals surface area contributed by atoms with E-state index in [9.17, 15) is 9.59 Å². The summed E-state index contributed by atoms with van der Waals surface area (Å²) in [6.07, 6.45) is 11.5. The fraction of sp³-hybridized carbons (Fsp3) is 0.636. The molecule has 0 spiro atoms. The zero-order valence-corrected chi connectivity index (χ0v) is 16.3. The number of aliphatic carboxylic acids is 1. The van der Waals surface area contributed by atoms with Gasteiger partial charge in [0.25, 0.3) is 0 Å². The molecule has 0 fully saturated rings. The number of carbonyl (C=O) groups excluding carboxylic acids is 1. The molecule has 0 radical (unpaired) electrons. The van der Waals surface area contributed by atoms with Gasteiger partial charge >= 0.3 is 11.9 Å². The summed E-state index contributed by atoms with van der Waals surface area (Å²) < 4.78 is 4.71. The third kappa shape index (κ3) is 16.7. The van der Waals surface area contributed by atoms with Crippen LogP contribution in [0.15, 0.2) is 12.2 Å². The molecule has 0 aliphatic heterocycles.